The zero-order chi connectivity index (χ0) is 24.4. The normalized spacial score (nSPS) is 18.7. The number of aliphatic hydroxyl groups excluding tert-OH is 1. The van der Waals surface area contributed by atoms with Crippen LogP contribution < -0.4 is 20.3 Å². The highest BCUT2D eigenvalue weighted by Gasteiger charge is 2.34. The van der Waals surface area contributed by atoms with Crippen LogP contribution >= 0.6 is 0 Å². The topological polar surface area (TPSA) is 137 Å². The standard InChI is InChI=1S/C23H29N5O6/c1-4-33-23-16(5-6-19(26-23)28-9-7-27(8-10-28)14(3)30)24-21(31)15-12-34-18-11-17(13(2)29)25-22(32)20(15)18/h5-6,12-13,17,29H,4,7-11H2,1-3H3,(H,24,31)(H,25,32)/t13-,17?/m1/s1. The van der Waals surface area contributed by atoms with Gasteiger partial charge in [-0.1, -0.05) is 0 Å². The second-order valence-electron chi connectivity index (χ2n) is 8.37. The quantitative estimate of drug-likeness (QED) is 0.568. The highest BCUT2D eigenvalue weighted by molar-refractivity contribution is 6.13. The number of fused-ring (bicyclic) bond motifs is 1. The van der Waals surface area contributed by atoms with Crippen molar-refractivity contribution in [3.05, 3.63) is 35.3 Å². The number of pyridine rings is 1. The average Bonchev–Trinajstić information content (AvgIpc) is 3.25. The Morgan fingerprint density at radius 1 is 1.32 bits per heavy atom. The van der Waals surface area contributed by atoms with E-state index in [0.29, 0.717) is 56.5 Å². The van der Waals surface area contributed by atoms with Crippen LogP contribution in [0, 0.1) is 0 Å². The molecule has 3 amide bonds. The highest BCUT2D eigenvalue weighted by atomic mass is 16.5. The summed E-state index contributed by atoms with van der Waals surface area (Å²) in [7, 11) is 0. The second-order valence-corrected chi connectivity index (χ2v) is 8.37. The Balaban J connectivity index is 1.52. The molecule has 182 valence electrons. The first kappa shape index (κ1) is 23.6. The molecule has 2 atom stereocenters. The van der Waals surface area contributed by atoms with Crippen molar-refractivity contribution in [2.45, 2.75) is 39.3 Å². The van der Waals surface area contributed by atoms with Crippen molar-refractivity contribution in [3.8, 4) is 5.88 Å². The van der Waals surface area contributed by atoms with Gasteiger partial charge in [0.25, 0.3) is 11.8 Å². The molecule has 34 heavy (non-hydrogen) atoms. The minimum Gasteiger partial charge on any atom is -0.476 e. The van der Waals surface area contributed by atoms with Crippen molar-refractivity contribution < 1.29 is 28.6 Å². The van der Waals surface area contributed by atoms with Crippen LogP contribution in [-0.4, -0.2) is 77.6 Å². The van der Waals surface area contributed by atoms with Crippen LogP contribution in [0.5, 0.6) is 5.88 Å². The number of aromatic nitrogens is 1. The zero-order valence-corrected chi connectivity index (χ0v) is 19.5. The van der Waals surface area contributed by atoms with Gasteiger partial charge in [-0.15, -0.1) is 0 Å². The Morgan fingerprint density at radius 3 is 2.71 bits per heavy atom. The zero-order valence-electron chi connectivity index (χ0n) is 19.5. The summed E-state index contributed by atoms with van der Waals surface area (Å²) in [6.07, 6.45) is 0.799. The number of nitrogens with zero attached hydrogens (tertiary/aromatic N) is 3. The van der Waals surface area contributed by atoms with Gasteiger partial charge in [-0.25, -0.2) is 0 Å². The molecule has 2 aliphatic heterocycles. The van der Waals surface area contributed by atoms with Gasteiger partial charge in [-0.3, -0.25) is 14.4 Å². The molecule has 11 nitrogen and oxygen atoms in total. The lowest BCUT2D eigenvalue weighted by atomic mass is 9.97. The van der Waals surface area contributed by atoms with E-state index in [0.717, 1.165) is 0 Å². The number of carbonyl (C=O) groups is 3. The number of hydrogen-bond donors (Lipinski definition) is 3. The van der Waals surface area contributed by atoms with Crippen molar-refractivity contribution in [1.29, 1.82) is 0 Å². The first-order valence-electron chi connectivity index (χ1n) is 11.3. The highest BCUT2D eigenvalue weighted by Crippen LogP contribution is 2.29. The molecule has 0 spiro atoms. The summed E-state index contributed by atoms with van der Waals surface area (Å²) in [6.45, 7) is 7.84. The van der Waals surface area contributed by atoms with Gasteiger partial charge in [0.15, 0.2) is 0 Å². The van der Waals surface area contributed by atoms with Gasteiger partial charge in [-0.05, 0) is 26.0 Å². The molecule has 0 aromatic carbocycles. The Morgan fingerprint density at radius 2 is 2.06 bits per heavy atom. The Kier molecular flexibility index (Phi) is 6.73. The molecule has 1 fully saturated rings. The van der Waals surface area contributed by atoms with Crippen LogP contribution in [0.15, 0.2) is 22.8 Å². The van der Waals surface area contributed by atoms with Crippen molar-refractivity contribution in [3.63, 3.8) is 0 Å². The third-order valence-corrected chi connectivity index (χ3v) is 6.07. The lowest BCUT2D eigenvalue weighted by Crippen LogP contribution is -2.48. The summed E-state index contributed by atoms with van der Waals surface area (Å²) >= 11 is 0. The molecule has 4 rings (SSSR count). The summed E-state index contributed by atoms with van der Waals surface area (Å²) < 4.78 is 11.2. The number of carbonyl (C=O) groups excluding carboxylic acids is 3. The molecule has 2 aromatic heterocycles. The predicted octanol–water partition coefficient (Wildman–Crippen LogP) is 1.03. The molecular formula is C23H29N5O6. The smallest absolute Gasteiger partial charge is 0.259 e. The molecule has 0 aliphatic carbocycles. The lowest BCUT2D eigenvalue weighted by molar-refractivity contribution is -0.129. The van der Waals surface area contributed by atoms with Gasteiger partial charge in [0.05, 0.1) is 29.9 Å². The number of nitrogens with one attached hydrogen (secondary N) is 2. The third-order valence-electron chi connectivity index (χ3n) is 6.07. The number of aliphatic hydroxyl groups is 1. The van der Waals surface area contributed by atoms with Gasteiger partial charge >= 0.3 is 0 Å². The van der Waals surface area contributed by atoms with Crippen LogP contribution in [0.2, 0.25) is 0 Å². The summed E-state index contributed by atoms with van der Waals surface area (Å²) in [5, 5.41) is 15.3. The SMILES string of the molecule is CCOc1nc(N2CCN(C(C)=O)CC2)ccc1NC(=O)c1coc2c1C(=O)NC([C@@H](C)O)C2. The number of ether oxygens (including phenoxy) is 1. The lowest BCUT2D eigenvalue weighted by Gasteiger charge is -2.35. The fourth-order valence-electron chi connectivity index (χ4n) is 4.14. The van der Waals surface area contributed by atoms with E-state index in [4.69, 9.17) is 9.15 Å². The van der Waals surface area contributed by atoms with E-state index in [1.165, 1.54) is 6.26 Å². The van der Waals surface area contributed by atoms with E-state index in [-0.39, 0.29) is 22.9 Å². The number of hydrogen-bond acceptors (Lipinski definition) is 8. The van der Waals surface area contributed by atoms with Crippen LogP contribution in [0.25, 0.3) is 0 Å². The average molecular weight is 472 g/mol. The van der Waals surface area contributed by atoms with Gasteiger partial charge in [-0.2, -0.15) is 4.98 Å². The monoisotopic (exact) mass is 471 g/mol. The fraction of sp³-hybridized carbons (Fsp3) is 0.478. The molecule has 0 saturated carbocycles. The van der Waals surface area contributed by atoms with Crippen molar-refractivity contribution >= 4 is 29.2 Å². The number of amides is 3. The van der Waals surface area contributed by atoms with E-state index >= 15 is 0 Å². The van der Waals surface area contributed by atoms with E-state index in [2.05, 4.69) is 20.5 Å². The number of furan rings is 1. The first-order valence-corrected chi connectivity index (χ1v) is 11.3. The van der Waals surface area contributed by atoms with Crippen LogP contribution in [0.3, 0.4) is 0 Å². The molecule has 2 aromatic rings. The second kappa shape index (κ2) is 9.72. The Bertz CT molecular complexity index is 1090. The van der Waals surface area contributed by atoms with E-state index in [1.807, 2.05) is 6.92 Å². The molecule has 3 N–H and O–H groups in total. The largest absolute Gasteiger partial charge is 0.476 e. The number of rotatable bonds is 6. The molecule has 0 radical (unpaired) electrons. The van der Waals surface area contributed by atoms with Gasteiger partial charge in [0.2, 0.25) is 11.8 Å². The fourth-order valence-corrected chi connectivity index (χ4v) is 4.14. The molecular weight excluding hydrogens is 442 g/mol. The maximum Gasteiger partial charge on any atom is 0.259 e. The van der Waals surface area contributed by atoms with Crippen molar-refractivity contribution in [2.75, 3.05) is 43.0 Å². The molecule has 1 saturated heterocycles. The maximum atomic E-state index is 13.0. The van der Waals surface area contributed by atoms with E-state index in [1.54, 1.807) is 30.9 Å². The molecule has 1 unspecified atom stereocenters. The Hall–Kier alpha value is -3.60. The van der Waals surface area contributed by atoms with E-state index < -0.39 is 24.0 Å². The molecule has 0 bridgehead atoms. The summed E-state index contributed by atoms with van der Waals surface area (Å²) in [5.74, 6) is 0.378. The van der Waals surface area contributed by atoms with Crippen molar-refractivity contribution in [2.24, 2.45) is 0 Å². The maximum absolute atomic E-state index is 13.0. The Labute approximate surface area is 197 Å². The predicted molar refractivity (Wildman–Crippen MR) is 123 cm³/mol. The summed E-state index contributed by atoms with van der Waals surface area (Å²) in [6, 6.07) is 3.02. The number of anilines is 2. The van der Waals surface area contributed by atoms with Gasteiger partial charge in [0, 0.05) is 39.5 Å². The first-order chi connectivity index (χ1) is 16.3. The van der Waals surface area contributed by atoms with Gasteiger partial charge < -0.3 is 34.7 Å². The molecule has 11 heteroatoms. The summed E-state index contributed by atoms with van der Waals surface area (Å²) in [5.41, 5.74) is 0.634. The van der Waals surface area contributed by atoms with Crippen LogP contribution in [-0.2, 0) is 11.2 Å². The minimum absolute atomic E-state index is 0.0529. The third kappa shape index (κ3) is 4.69. The van der Waals surface area contributed by atoms with Crippen LogP contribution in [0.4, 0.5) is 11.5 Å². The minimum atomic E-state index is -0.747. The summed E-state index contributed by atoms with van der Waals surface area (Å²) in [4.78, 5) is 45.6. The number of piperazine rings is 1. The van der Waals surface area contributed by atoms with Gasteiger partial charge in [0.1, 0.15) is 23.5 Å². The van der Waals surface area contributed by atoms with Crippen LogP contribution in [0.1, 0.15) is 47.2 Å². The van der Waals surface area contributed by atoms with E-state index in [9.17, 15) is 19.5 Å². The molecule has 2 aliphatic rings. The molecule has 4 heterocycles. The van der Waals surface area contributed by atoms with Crippen molar-refractivity contribution in [1.82, 2.24) is 15.2 Å².